The fourth-order valence-corrected chi connectivity index (χ4v) is 4.06. The molecule has 21 heavy (non-hydrogen) atoms. The van der Waals surface area contributed by atoms with E-state index in [0.29, 0.717) is 11.4 Å². The molecule has 108 valence electrons. The van der Waals surface area contributed by atoms with Crippen LogP contribution in [0.4, 0.5) is 0 Å². The van der Waals surface area contributed by atoms with Crippen molar-refractivity contribution in [1.82, 2.24) is 14.1 Å². The molecule has 5 nitrogen and oxygen atoms in total. The topological polar surface area (TPSA) is 56.9 Å². The first-order chi connectivity index (χ1) is 10.1. The van der Waals surface area contributed by atoms with E-state index in [1.165, 1.54) is 29.4 Å². The molecule has 0 fully saturated rings. The number of nitrogens with zero attached hydrogens (tertiary/aromatic N) is 3. The van der Waals surface area contributed by atoms with Crippen LogP contribution in [-0.4, -0.2) is 14.1 Å². The Morgan fingerprint density at radius 3 is 2.71 bits per heavy atom. The molecule has 3 rings (SSSR count). The van der Waals surface area contributed by atoms with Gasteiger partial charge in [-0.15, -0.1) is 11.3 Å². The van der Waals surface area contributed by atoms with Gasteiger partial charge in [0, 0.05) is 31.6 Å². The molecule has 0 radical (unpaired) electrons. The van der Waals surface area contributed by atoms with Crippen molar-refractivity contribution in [3.63, 3.8) is 0 Å². The third kappa shape index (κ3) is 2.66. The largest absolute Gasteiger partial charge is 0.330 e. The van der Waals surface area contributed by atoms with Crippen molar-refractivity contribution < 1.29 is 0 Å². The zero-order valence-electron chi connectivity index (χ0n) is 11.6. The van der Waals surface area contributed by atoms with Gasteiger partial charge in [0.25, 0.3) is 5.56 Å². The van der Waals surface area contributed by atoms with Crippen LogP contribution in [0.3, 0.4) is 0 Å². The number of hydrogen-bond donors (Lipinski definition) is 0. The number of thiazole rings is 1. The molecule has 2 aromatic heterocycles. The van der Waals surface area contributed by atoms with E-state index in [2.05, 4.69) is 4.98 Å². The van der Waals surface area contributed by atoms with Gasteiger partial charge < -0.3 is 0 Å². The molecule has 0 spiro atoms. The third-order valence-electron chi connectivity index (χ3n) is 3.24. The highest BCUT2D eigenvalue weighted by Crippen LogP contribution is 2.30. The number of benzene rings is 1. The quantitative estimate of drug-likeness (QED) is 0.693. The lowest BCUT2D eigenvalue weighted by Crippen LogP contribution is -2.37. The Bertz CT molecular complexity index is 891. The second kappa shape index (κ2) is 5.50. The first kappa shape index (κ1) is 14.1. The summed E-state index contributed by atoms with van der Waals surface area (Å²) >= 11 is 3.15. The molecular weight excluding hydrogens is 306 g/mol. The molecule has 0 aliphatic carbocycles. The van der Waals surface area contributed by atoms with E-state index in [1.807, 2.05) is 24.3 Å². The van der Waals surface area contributed by atoms with Crippen LogP contribution < -0.4 is 11.2 Å². The van der Waals surface area contributed by atoms with E-state index < -0.39 is 0 Å². The van der Waals surface area contributed by atoms with Crippen LogP contribution in [0.2, 0.25) is 0 Å². The normalized spacial score (nSPS) is 11.1. The predicted octanol–water partition coefficient (Wildman–Crippen LogP) is 1.99. The summed E-state index contributed by atoms with van der Waals surface area (Å²) in [7, 11) is 3.16. The predicted molar refractivity (Wildman–Crippen MR) is 86.1 cm³/mol. The van der Waals surface area contributed by atoms with E-state index >= 15 is 0 Å². The summed E-state index contributed by atoms with van der Waals surface area (Å²) in [5.74, 6) is 0.543. The summed E-state index contributed by atoms with van der Waals surface area (Å²) in [5, 5.41) is 0. The lowest BCUT2D eigenvalue weighted by molar-refractivity contribution is 0.665. The first-order valence-electron chi connectivity index (χ1n) is 6.30. The van der Waals surface area contributed by atoms with E-state index in [4.69, 9.17) is 0 Å². The molecule has 3 aromatic rings. The molecule has 7 heteroatoms. The molecule has 2 heterocycles. The van der Waals surface area contributed by atoms with Gasteiger partial charge in [-0.1, -0.05) is 23.9 Å². The van der Waals surface area contributed by atoms with Crippen LogP contribution in [0.25, 0.3) is 10.2 Å². The Morgan fingerprint density at radius 2 is 1.95 bits per heavy atom. The van der Waals surface area contributed by atoms with Gasteiger partial charge in [-0.25, -0.2) is 9.78 Å². The number of hydrogen-bond acceptors (Lipinski definition) is 5. The number of thioether (sulfide) groups is 1. The number of rotatable bonds is 3. The average Bonchev–Trinajstić information content (AvgIpc) is 2.90. The maximum atomic E-state index is 11.9. The van der Waals surface area contributed by atoms with Crippen LogP contribution in [0.15, 0.2) is 44.3 Å². The van der Waals surface area contributed by atoms with Crippen molar-refractivity contribution in [3.05, 3.63) is 56.9 Å². The van der Waals surface area contributed by atoms with Gasteiger partial charge in [-0.2, -0.15) is 0 Å². The van der Waals surface area contributed by atoms with Crippen LogP contribution in [0.5, 0.6) is 0 Å². The van der Waals surface area contributed by atoms with Gasteiger partial charge in [-0.05, 0) is 12.1 Å². The third-order valence-corrected chi connectivity index (χ3v) is 5.46. The molecule has 0 atom stereocenters. The Morgan fingerprint density at radius 1 is 1.19 bits per heavy atom. The van der Waals surface area contributed by atoms with Crippen molar-refractivity contribution in [1.29, 1.82) is 0 Å². The van der Waals surface area contributed by atoms with E-state index in [1.54, 1.807) is 18.4 Å². The van der Waals surface area contributed by atoms with Gasteiger partial charge in [-0.3, -0.25) is 13.9 Å². The van der Waals surface area contributed by atoms with Crippen molar-refractivity contribution in [3.8, 4) is 0 Å². The summed E-state index contributed by atoms with van der Waals surface area (Å²) in [6, 6.07) is 9.46. The van der Waals surface area contributed by atoms with Crippen molar-refractivity contribution >= 4 is 33.3 Å². The van der Waals surface area contributed by atoms with E-state index in [9.17, 15) is 9.59 Å². The minimum atomic E-state index is -0.303. The van der Waals surface area contributed by atoms with Gasteiger partial charge >= 0.3 is 5.69 Å². The maximum absolute atomic E-state index is 11.9. The number of fused-ring (bicyclic) bond motifs is 1. The van der Waals surface area contributed by atoms with Gasteiger partial charge in [0.1, 0.15) is 0 Å². The highest BCUT2D eigenvalue weighted by molar-refractivity contribution is 8.00. The van der Waals surface area contributed by atoms with Crippen LogP contribution in [0, 0.1) is 0 Å². The average molecular weight is 319 g/mol. The molecule has 0 unspecified atom stereocenters. The Labute approximate surface area is 128 Å². The molecule has 0 aliphatic rings. The Balaban J connectivity index is 1.88. The minimum Gasteiger partial charge on any atom is -0.300 e. The molecule has 0 aliphatic heterocycles. The molecule has 0 N–H and O–H groups in total. The van der Waals surface area contributed by atoms with Crippen molar-refractivity contribution in [2.24, 2.45) is 14.1 Å². The molecular formula is C14H13N3O2S2. The SMILES string of the molecule is Cn1c(CSc2nc3ccccc3s2)cc(=O)n(C)c1=O. The molecule has 0 saturated carbocycles. The zero-order chi connectivity index (χ0) is 15.0. The zero-order valence-corrected chi connectivity index (χ0v) is 13.2. The molecule has 0 saturated heterocycles. The summed E-state index contributed by atoms with van der Waals surface area (Å²) < 4.78 is 4.68. The minimum absolute atomic E-state index is 0.280. The second-order valence-electron chi connectivity index (χ2n) is 4.61. The first-order valence-corrected chi connectivity index (χ1v) is 8.11. The highest BCUT2D eigenvalue weighted by Gasteiger charge is 2.08. The van der Waals surface area contributed by atoms with E-state index in [-0.39, 0.29) is 11.2 Å². The molecule has 0 amide bonds. The lowest BCUT2D eigenvalue weighted by atomic mass is 10.3. The Hall–Kier alpha value is -1.86. The smallest absolute Gasteiger partial charge is 0.300 e. The molecule has 0 bridgehead atoms. The van der Waals surface area contributed by atoms with Gasteiger partial charge in [0.2, 0.25) is 0 Å². The summed E-state index contributed by atoms with van der Waals surface area (Å²) in [6.45, 7) is 0. The maximum Gasteiger partial charge on any atom is 0.330 e. The summed E-state index contributed by atoms with van der Waals surface area (Å²) in [5.41, 5.74) is 1.09. The summed E-state index contributed by atoms with van der Waals surface area (Å²) in [6.07, 6.45) is 0. The number of aromatic nitrogens is 3. The summed E-state index contributed by atoms with van der Waals surface area (Å²) in [4.78, 5) is 28.1. The monoisotopic (exact) mass is 319 g/mol. The second-order valence-corrected chi connectivity index (χ2v) is 6.86. The Kier molecular flexibility index (Phi) is 3.69. The number of para-hydroxylation sites is 1. The fourth-order valence-electron chi connectivity index (χ4n) is 1.97. The highest BCUT2D eigenvalue weighted by atomic mass is 32.2. The van der Waals surface area contributed by atoms with Crippen molar-refractivity contribution in [2.75, 3.05) is 0 Å². The standard InChI is InChI=1S/C14H13N3O2S2/c1-16-9(7-12(18)17(2)14(16)19)8-20-13-15-10-5-3-4-6-11(10)21-13/h3-7H,8H2,1-2H3. The van der Waals surface area contributed by atoms with Crippen LogP contribution in [-0.2, 0) is 19.8 Å². The van der Waals surface area contributed by atoms with E-state index in [0.717, 1.165) is 19.1 Å². The lowest BCUT2D eigenvalue weighted by Gasteiger charge is -2.07. The van der Waals surface area contributed by atoms with Gasteiger partial charge in [0.05, 0.1) is 10.2 Å². The van der Waals surface area contributed by atoms with Crippen LogP contribution >= 0.6 is 23.1 Å². The fraction of sp³-hybridized carbons (Fsp3) is 0.214. The molecule has 1 aromatic carbocycles. The van der Waals surface area contributed by atoms with Crippen molar-refractivity contribution in [2.45, 2.75) is 10.1 Å². The van der Waals surface area contributed by atoms with Gasteiger partial charge in [0.15, 0.2) is 4.34 Å². The van der Waals surface area contributed by atoms with Crippen LogP contribution in [0.1, 0.15) is 5.69 Å².